The Morgan fingerprint density at radius 1 is 0.841 bits per heavy atom. The minimum Gasteiger partial charge on any atom is -0.335 e. The van der Waals surface area contributed by atoms with E-state index in [-0.39, 0.29) is 69.1 Å². The Hall–Kier alpha value is -1.88. The summed E-state index contributed by atoms with van der Waals surface area (Å²) >= 11 is 0. The molecule has 5 N–H and O–H groups in total. The summed E-state index contributed by atoms with van der Waals surface area (Å²) in [5, 5.41) is 14.5. The first kappa shape index (κ1) is 38.3. The van der Waals surface area contributed by atoms with Crippen molar-refractivity contribution in [1.82, 2.24) is 20.3 Å². The molecule has 0 aromatic heterocycles. The molecule has 2 aliphatic rings. The number of alkyl halides is 3. The van der Waals surface area contributed by atoms with Crippen LogP contribution < -0.4 is 26.6 Å². The number of nitrogens with zero attached hydrogens (tertiary/aromatic N) is 1. The molecule has 44 heavy (non-hydrogen) atoms. The first-order chi connectivity index (χ1) is 20.8. The van der Waals surface area contributed by atoms with Crippen LogP contribution in [0.3, 0.4) is 0 Å². The van der Waals surface area contributed by atoms with Crippen LogP contribution in [-0.4, -0.2) is 76.3 Å². The molecular formula is C28H42F3N6O4PSU. The minimum absolute atomic E-state index is 0. The zero-order chi connectivity index (χ0) is 32.8. The third-order valence-corrected chi connectivity index (χ3v) is 8.67. The molecule has 1 atom stereocenters. The van der Waals surface area contributed by atoms with Crippen LogP contribution in [0.25, 0.3) is 0 Å². The Morgan fingerprint density at radius 2 is 1.23 bits per heavy atom. The van der Waals surface area contributed by atoms with Crippen molar-refractivity contribution < 1.29 is 62.3 Å². The van der Waals surface area contributed by atoms with E-state index >= 15 is 0 Å². The number of amides is 4. The summed E-state index contributed by atoms with van der Waals surface area (Å²) in [4.78, 5) is 23.7. The van der Waals surface area contributed by atoms with Crippen LogP contribution in [0, 0.1) is 45.0 Å². The monoisotopic (exact) mass is 886 g/mol. The van der Waals surface area contributed by atoms with E-state index in [4.69, 9.17) is 1.28 Å². The number of urea groups is 2. The average molecular weight is 887 g/mol. The molecule has 10 nitrogen and oxygen atoms in total. The third kappa shape index (κ3) is 14.9. The number of rotatable bonds is 6. The van der Waals surface area contributed by atoms with E-state index < -0.39 is 28.0 Å². The minimum atomic E-state index is -4.76. The molecule has 244 valence electrons. The van der Waals surface area contributed by atoms with Crippen LogP contribution in [0.1, 0.15) is 36.8 Å². The molecule has 0 aliphatic carbocycles. The van der Waals surface area contributed by atoms with Crippen molar-refractivity contribution in [3.05, 3.63) is 59.7 Å². The number of sulfonamides is 1. The van der Waals surface area contributed by atoms with Gasteiger partial charge < -0.3 is 26.6 Å². The zero-order valence-corrected chi connectivity index (χ0v) is 31.0. The van der Waals surface area contributed by atoms with Crippen LogP contribution in [-0.2, 0) is 10.0 Å². The van der Waals surface area contributed by atoms with Gasteiger partial charge in [0.25, 0.3) is 0 Å². The van der Waals surface area contributed by atoms with Crippen LogP contribution >= 0.6 is 9.84 Å². The average Bonchev–Trinajstić information content (AvgIpc) is 2.96. The van der Waals surface area contributed by atoms with Crippen molar-refractivity contribution in [3.8, 4) is 0 Å². The summed E-state index contributed by atoms with van der Waals surface area (Å²) < 4.78 is 66.9. The third-order valence-electron chi connectivity index (χ3n) is 6.82. The maximum Gasteiger partial charge on any atom is 0.404 e. The summed E-state index contributed by atoms with van der Waals surface area (Å²) in [6, 6.07) is 14.5. The number of nitrogens with one attached hydrogen (secondary N) is 5. The summed E-state index contributed by atoms with van der Waals surface area (Å²) in [5.74, 6) is -1.86. The molecule has 2 aromatic carbocycles. The van der Waals surface area contributed by atoms with Gasteiger partial charge in [-0.2, -0.15) is 23.0 Å². The molecule has 2 fully saturated rings. The Labute approximate surface area is 285 Å². The number of hydrogen-bond donors (Lipinski definition) is 5. The Balaban J connectivity index is 0.000000442. The number of piperidine rings is 2. The van der Waals surface area contributed by atoms with E-state index in [9.17, 15) is 31.2 Å². The van der Waals surface area contributed by atoms with E-state index in [0.717, 1.165) is 41.5 Å². The van der Waals surface area contributed by atoms with Gasteiger partial charge in [0.15, 0.2) is 5.75 Å². The molecule has 2 saturated heterocycles. The molecule has 0 saturated carbocycles. The number of hydrogen-bond acceptors (Lipinski definition) is 5. The summed E-state index contributed by atoms with van der Waals surface area (Å²) in [5.41, 5.74) is 3.70. The van der Waals surface area contributed by atoms with Gasteiger partial charge in [-0.3, -0.25) is 0 Å². The van der Waals surface area contributed by atoms with Crippen molar-refractivity contribution in [1.29, 1.82) is 1.28 Å². The van der Waals surface area contributed by atoms with Gasteiger partial charge in [-0.05, 0) is 76.9 Å². The Kier molecular flexibility index (Phi) is 16.5. The van der Waals surface area contributed by atoms with Crippen LogP contribution in [0.4, 0.5) is 34.1 Å². The second kappa shape index (κ2) is 18.9. The van der Waals surface area contributed by atoms with E-state index in [2.05, 4.69) is 26.6 Å². The molecule has 4 rings (SSSR count). The van der Waals surface area contributed by atoms with Crippen molar-refractivity contribution in [3.63, 3.8) is 0 Å². The molecule has 0 bridgehead atoms. The SMILES string of the molecule is Cc1ccc(NC(=O)NC2CCN(S(=O)(=O)CC(F)(F)F)CC2)cc1.Cc1ccc(NC(=O)NC2CCNCC2)cc1.[3H]P.[U]. The van der Waals surface area contributed by atoms with E-state index in [1.54, 1.807) is 22.0 Å². The molecule has 0 radical (unpaired) electrons. The number of carbonyl (C=O) groups is 2. The van der Waals surface area contributed by atoms with Gasteiger partial charge in [-0.1, -0.05) is 35.4 Å². The first-order valence-electron chi connectivity index (χ1n) is 14.4. The summed E-state index contributed by atoms with van der Waals surface area (Å²) in [6.45, 7) is 5.82. The fraction of sp³-hybridized carbons (Fsp3) is 0.500. The summed E-state index contributed by atoms with van der Waals surface area (Å²) in [6.07, 6.45) is -2.23. The fourth-order valence-electron chi connectivity index (χ4n) is 4.52. The van der Waals surface area contributed by atoms with Gasteiger partial charge in [0.05, 0.1) is 1.28 Å². The molecule has 1 unspecified atom stereocenters. The predicted molar refractivity (Wildman–Crippen MR) is 168 cm³/mol. The smallest absolute Gasteiger partial charge is 0.335 e. The number of carbonyl (C=O) groups excluding carboxylic acids is 2. The maximum atomic E-state index is 12.3. The molecule has 0 spiro atoms. The standard InChI is InChI=1S/C15H20F3N3O3S.C13H19N3O.H3P.U/c1-11-2-4-12(5-3-11)19-14(22)20-13-6-8-21(9-7-13)25(23,24)10-15(16,17)18;1-10-2-4-11(5-3-10)15-13(17)16-12-6-8-14-9-7-12;;/h2-5,13H,6-10H2,1H3,(H2,19,20,22);2-5,12,14H,6-9H2,1H3,(H2,15,16,17);1H3;/i;;1T;. The summed E-state index contributed by atoms with van der Waals surface area (Å²) in [7, 11) is -2.70. The number of anilines is 2. The zero-order valence-electron chi connectivity index (χ0n) is 25.8. The van der Waals surface area contributed by atoms with Gasteiger partial charge in [0, 0.05) is 67.7 Å². The number of aryl methyl sites for hydroxylation is 2. The Bertz CT molecular complexity index is 1280. The molecular weight excluding hydrogens is 842 g/mol. The maximum absolute atomic E-state index is 12.3. The van der Waals surface area contributed by atoms with Crippen molar-refractivity contribution >= 4 is 43.3 Å². The normalized spacial score (nSPS) is 16.4. The van der Waals surface area contributed by atoms with E-state index in [1.165, 1.54) is 5.56 Å². The molecule has 16 heteroatoms. The van der Waals surface area contributed by atoms with Crippen LogP contribution in [0.2, 0.25) is 0 Å². The largest absolute Gasteiger partial charge is 0.404 e. The molecule has 2 aromatic rings. The Morgan fingerprint density at radius 3 is 1.61 bits per heavy atom. The second-order valence-electron chi connectivity index (χ2n) is 10.5. The van der Waals surface area contributed by atoms with Crippen molar-refractivity contribution in [2.75, 3.05) is 42.6 Å². The number of benzene rings is 2. The van der Waals surface area contributed by atoms with Crippen LogP contribution in [0.5, 0.6) is 0 Å². The molecule has 4 amide bonds. The van der Waals surface area contributed by atoms with Crippen molar-refractivity contribution in [2.45, 2.75) is 57.8 Å². The van der Waals surface area contributed by atoms with E-state index in [0.29, 0.717) is 11.7 Å². The van der Waals surface area contributed by atoms with Crippen molar-refractivity contribution in [2.24, 2.45) is 0 Å². The van der Waals surface area contributed by atoms with Gasteiger partial charge >= 0.3 is 18.2 Å². The first-order valence-corrected chi connectivity index (χ1v) is 15.4. The second-order valence-corrected chi connectivity index (χ2v) is 12.5. The van der Waals surface area contributed by atoms with Gasteiger partial charge in [-0.25, -0.2) is 22.3 Å². The van der Waals surface area contributed by atoms with Crippen LogP contribution in [0.15, 0.2) is 48.5 Å². The van der Waals surface area contributed by atoms with E-state index in [1.807, 2.05) is 50.2 Å². The predicted octanol–water partition coefficient (Wildman–Crippen LogP) is 4.40. The molecule has 2 heterocycles. The topological polar surface area (TPSA) is 132 Å². The molecule has 2 aliphatic heterocycles. The fourth-order valence-corrected chi connectivity index (χ4v) is 5.88. The van der Waals surface area contributed by atoms with Gasteiger partial charge in [0.1, 0.15) is 0 Å². The van der Waals surface area contributed by atoms with Gasteiger partial charge in [0.2, 0.25) is 10.0 Å². The number of halogens is 3. The van der Waals surface area contributed by atoms with Gasteiger partial charge in [-0.15, -0.1) is 0 Å². The quantitative estimate of drug-likeness (QED) is 0.275.